The molecule has 0 radical (unpaired) electrons. The van der Waals surface area contributed by atoms with Crippen molar-refractivity contribution in [1.82, 2.24) is 0 Å². The smallest absolute Gasteiger partial charge is 0.0551 e. The lowest BCUT2D eigenvalue weighted by Crippen LogP contribution is -2.12. The molecule has 2 rings (SSSR count). The van der Waals surface area contributed by atoms with Gasteiger partial charge in [0.1, 0.15) is 0 Å². The van der Waals surface area contributed by atoms with Crippen LogP contribution >= 0.6 is 0 Å². The average molecular weight is 239 g/mol. The summed E-state index contributed by atoms with van der Waals surface area (Å²) < 4.78 is 0. The molecule has 94 valence electrons. The van der Waals surface area contributed by atoms with Crippen molar-refractivity contribution in [3.8, 4) is 0 Å². The van der Waals surface area contributed by atoms with E-state index in [0.717, 1.165) is 6.42 Å². The van der Waals surface area contributed by atoms with Gasteiger partial charge in [0, 0.05) is 0 Å². The molecular weight excluding hydrogens is 218 g/mol. The second-order valence-corrected chi connectivity index (χ2v) is 4.89. The Hall–Kier alpha value is -1.60. The maximum absolute atomic E-state index is 6.35. The van der Waals surface area contributed by atoms with Crippen LogP contribution in [0.3, 0.4) is 0 Å². The minimum atomic E-state index is -0.0262. The summed E-state index contributed by atoms with van der Waals surface area (Å²) >= 11 is 0. The first kappa shape index (κ1) is 12.8. The molecule has 0 fully saturated rings. The van der Waals surface area contributed by atoms with E-state index in [1.165, 1.54) is 28.7 Å². The third kappa shape index (κ3) is 2.99. The zero-order valence-electron chi connectivity index (χ0n) is 11.2. The molecule has 1 atom stereocenters. The van der Waals surface area contributed by atoms with Crippen LogP contribution in [-0.2, 0) is 6.42 Å². The van der Waals surface area contributed by atoms with Crippen LogP contribution in [-0.4, -0.2) is 0 Å². The summed E-state index contributed by atoms with van der Waals surface area (Å²) in [4.78, 5) is 0. The summed E-state index contributed by atoms with van der Waals surface area (Å²) in [6, 6.07) is 17.0. The Balaban J connectivity index is 2.27. The Labute approximate surface area is 110 Å². The van der Waals surface area contributed by atoms with Crippen LogP contribution in [0.4, 0.5) is 0 Å². The number of hydrogen-bond acceptors (Lipinski definition) is 1. The summed E-state index contributed by atoms with van der Waals surface area (Å²) in [6.07, 6.45) is 2.29. The second-order valence-electron chi connectivity index (χ2n) is 4.89. The summed E-state index contributed by atoms with van der Waals surface area (Å²) in [5.74, 6) is 0. The van der Waals surface area contributed by atoms with E-state index in [9.17, 15) is 0 Å². The summed E-state index contributed by atoms with van der Waals surface area (Å²) in [5.41, 5.74) is 11.4. The SMILES string of the molecule is CCCc1cccc(C(N)c2cccc(C)c2)c1. The van der Waals surface area contributed by atoms with Crippen molar-refractivity contribution in [2.75, 3.05) is 0 Å². The van der Waals surface area contributed by atoms with Gasteiger partial charge in [0.25, 0.3) is 0 Å². The van der Waals surface area contributed by atoms with Crippen LogP contribution in [0.25, 0.3) is 0 Å². The zero-order chi connectivity index (χ0) is 13.0. The van der Waals surface area contributed by atoms with Gasteiger partial charge in [-0.3, -0.25) is 0 Å². The van der Waals surface area contributed by atoms with Crippen LogP contribution in [0.5, 0.6) is 0 Å². The van der Waals surface area contributed by atoms with Gasteiger partial charge >= 0.3 is 0 Å². The van der Waals surface area contributed by atoms with Crippen LogP contribution in [0.1, 0.15) is 41.6 Å². The summed E-state index contributed by atoms with van der Waals surface area (Å²) in [5, 5.41) is 0. The minimum Gasteiger partial charge on any atom is -0.320 e. The highest BCUT2D eigenvalue weighted by molar-refractivity contribution is 5.35. The molecule has 0 bridgehead atoms. The van der Waals surface area contributed by atoms with Crippen molar-refractivity contribution in [2.24, 2.45) is 5.73 Å². The first-order valence-electron chi connectivity index (χ1n) is 6.61. The van der Waals surface area contributed by atoms with Crippen molar-refractivity contribution in [1.29, 1.82) is 0 Å². The molecule has 1 nitrogen and oxygen atoms in total. The Morgan fingerprint density at radius 2 is 1.67 bits per heavy atom. The van der Waals surface area contributed by atoms with Gasteiger partial charge in [0.05, 0.1) is 6.04 Å². The quantitative estimate of drug-likeness (QED) is 0.857. The van der Waals surface area contributed by atoms with Gasteiger partial charge in [-0.15, -0.1) is 0 Å². The number of hydrogen-bond donors (Lipinski definition) is 1. The monoisotopic (exact) mass is 239 g/mol. The maximum Gasteiger partial charge on any atom is 0.0551 e. The molecule has 2 aromatic rings. The normalized spacial score (nSPS) is 12.4. The topological polar surface area (TPSA) is 26.0 Å². The Bertz CT molecular complexity index is 517. The van der Waals surface area contributed by atoms with Gasteiger partial charge in [-0.1, -0.05) is 67.4 Å². The predicted molar refractivity (Wildman–Crippen MR) is 77.6 cm³/mol. The highest BCUT2D eigenvalue weighted by Gasteiger charge is 2.09. The van der Waals surface area contributed by atoms with E-state index in [1.807, 2.05) is 0 Å². The molecule has 0 aliphatic rings. The highest BCUT2D eigenvalue weighted by atomic mass is 14.6. The molecule has 0 heterocycles. The third-order valence-corrected chi connectivity index (χ3v) is 3.25. The van der Waals surface area contributed by atoms with Gasteiger partial charge in [-0.2, -0.15) is 0 Å². The minimum absolute atomic E-state index is 0.0262. The van der Waals surface area contributed by atoms with Crippen molar-refractivity contribution in [3.05, 3.63) is 70.8 Å². The van der Waals surface area contributed by atoms with Crippen molar-refractivity contribution < 1.29 is 0 Å². The predicted octanol–water partition coefficient (Wildman–Crippen LogP) is 4.00. The lowest BCUT2D eigenvalue weighted by atomic mass is 9.96. The molecule has 0 saturated heterocycles. The van der Waals surface area contributed by atoms with Crippen LogP contribution in [0.2, 0.25) is 0 Å². The summed E-state index contributed by atoms with van der Waals surface area (Å²) in [7, 11) is 0. The van der Waals surface area contributed by atoms with Crippen molar-refractivity contribution >= 4 is 0 Å². The van der Waals surface area contributed by atoms with E-state index in [-0.39, 0.29) is 6.04 Å². The molecule has 0 aliphatic heterocycles. The number of aryl methyl sites for hydroxylation is 2. The molecule has 2 aromatic carbocycles. The molecule has 0 spiro atoms. The van der Waals surface area contributed by atoms with Crippen LogP contribution in [0, 0.1) is 6.92 Å². The largest absolute Gasteiger partial charge is 0.320 e. The Morgan fingerprint density at radius 3 is 2.33 bits per heavy atom. The van der Waals surface area contributed by atoms with Crippen molar-refractivity contribution in [3.63, 3.8) is 0 Å². The van der Waals surface area contributed by atoms with Gasteiger partial charge in [-0.05, 0) is 30.0 Å². The molecule has 1 unspecified atom stereocenters. The first-order chi connectivity index (χ1) is 8.70. The summed E-state index contributed by atoms with van der Waals surface area (Å²) in [6.45, 7) is 4.30. The third-order valence-electron chi connectivity index (χ3n) is 3.25. The molecule has 0 saturated carbocycles. The molecule has 18 heavy (non-hydrogen) atoms. The Kier molecular flexibility index (Phi) is 4.16. The van der Waals surface area contributed by atoms with Gasteiger partial charge < -0.3 is 5.73 Å². The lowest BCUT2D eigenvalue weighted by molar-refractivity contribution is 0.857. The van der Waals surface area contributed by atoms with Crippen molar-refractivity contribution in [2.45, 2.75) is 32.7 Å². The maximum atomic E-state index is 6.35. The van der Waals surface area contributed by atoms with E-state index < -0.39 is 0 Å². The second kappa shape index (κ2) is 5.83. The standard InChI is InChI=1S/C17H21N/c1-3-6-14-8-5-10-16(12-14)17(18)15-9-4-7-13(2)11-15/h4-5,7-12,17H,3,6,18H2,1-2H3. The van der Waals surface area contributed by atoms with E-state index in [1.54, 1.807) is 0 Å². The van der Waals surface area contributed by atoms with E-state index in [4.69, 9.17) is 5.73 Å². The highest BCUT2D eigenvalue weighted by Crippen LogP contribution is 2.21. The molecule has 1 heteroatoms. The fourth-order valence-electron chi connectivity index (χ4n) is 2.29. The molecule has 2 N–H and O–H groups in total. The number of benzene rings is 2. The average Bonchev–Trinajstić information content (AvgIpc) is 2.39. The molecule has 0 aliphatic carbocycles. The van der Waals surface area contributed by atoms with Gasteiger partial charge in [0.15, 0.2) is 0 Å². The molecular formula is C17H21N. The number of nitrogens with two attached hydrogens (primary N) is 1. The van der Waals surface area contributed by atoms with Gasteiger partial charge in [0.2, 0.25) is 0 Å². The van der Waals surface area contributed by atoms with Crippen LogP contribution < -0.4 is 5.73 Å². The van der Waals surface area contributed by atoms with E-state index in [2.05, 4.69) is 62.4 Å². The van der Waals surface area contributed by atoms with Crippen LogP contribution in [0.15, 0.2) is 48.5 Å². The zero-order valence-corrected chi connectivity index (χ0v) is 11.2. The van der Waals surface area contributed by atoms with Gasteiger partial charge in [-0.25, -0.2) is 0 Å². The lowest BCUT2D eigenvalue weighted by Gasteiger charge is -2.14. The molecule has 0 aromatic heterocycles. The van der Waals surface area contributed by atoms with E-state index in [0.29, 0.717) is 0 Å². The molecule has 0 amide bonds. The van der Waals surface area contributed by atoms with E-state index >= 15 is 0 Å². The first-order valence-corrected chi connectivity index (χ1v) is 6.61. The fraction of sp³-hybridized carbons (Fsp3) is 0.294. The Morgan fingerprint density at radius 1 is 1.00 bits per heavy atom. The number of rotatable bonds is 4. The fourth-order valence-corrected chi connectivity index (χ4v) is 2.29.